The Balaban J connectivity index is 3.87. The fraction of sp³-hybridized carbons (Fsp3) is 0.909. The largest absolute Gasteiger partial charge is 0.281 e. The topological polar surface area (TPSA) is 17.1 Å². The Morgan fingerprint density at radius 1 is 1.31 bits per heavy atom. The van der Waals surface area contributed by atoms with Gasteiger partial charge in [-0.25, -0.2) is 0 Å². The molecule has 0 N–H and O–H groups in total. The number of unbranched alkanes of at least 4 members (excludes halogenated alkanes) is 1. The van der Waals surface area contributed by atoms with Gasteiger partial charge in [-0.2, -0.15) is 0 Å². The molecule has 1 nitrogen and oxygen atoms in total. The van der Waals surface area contributed by atoms with Gasteiger partial charge >= 0.3 is 0 Å². The molecular formula is C11H21ClO. The maximum absolute atomic E-state index is 10.6. The number of carbonyl (C=O) groups is 1. The fourth-order valence-electron chi connectivity index (χ4n) is 1.48. The molecule has 1 atom stereocenters. The molecule has 1 unspecified atom stereocenters. The van der Waals surface area contributed by atoms with Gasteiger partial charge in [-0.1, -0.05) is 40.0 Å². The van der Waals surface area contributed by atoms with Crippen molar-refractivity contribution in [1.29, 1.82) is 0 Å². The van der Waals surface area contributed by atoms with Crippen LogP contribution in [0.15, 0.2) is 0 Å². The van der Waals surface area contributed by atoms with Gasteiger partial charge in [0, 0.05) is 6.42 Å². The van der Waals surface area contributed by atoms with Gasteiger partial charge in [0.05, 0.1) is 0 Å². The van der Waals surface area contributed by atoms with Gasteiger partial charge in [0.25, 0.3) is 0 Å². The van der Waals surface area contributed by atoms with E-state index in [0.717, 1.165) is 12.8 Å². The molecule has 0 saturated heterocycles. The van der Waals surface area contributed by atoms with Crippen LogP contribution in [0.25, 0.3) is 0 Å². The highest BCUT2D eigenvalue weighted by Crippen LogP contribution is 2.33. The summed E-state index contributed by atoms with van der Waals surface area (Å²) in [6.07, 6.45) is 6.29. The van der Waals surface area contributed by atoms with Gasteiger partial charge in [0.15, 0.2) is 0 Å². The summed E-state index contributed by atoms with van der Waals surface area (Å²) in [5, 5.41) is -0.198. The Morgan fingerprint density at radius 3 is 2.31 bits per heavy atom. The first-order chi connectivity index (χ1) is 6.04. The zero-order valence-corrected chi connectivity index (χ0v) is 9.78. The average molecular weight is 205 g/mol. The summed E-state index contributed by atoms with van der Waals surface area (Å²) in [5.74, 6) is 0. The second kappa shape index (κ2) is 6.42. The maximum Gasteiger partial charge on any atom is 0.221 e. The van der Waals surface area contributed by atoms with Crippen LogP contribution in [0.3, 0.4) is 0 Å². The van der Waals surface area contributed by atoms with E-state index in [1.54, 1.807) is 0 Å². The normalized spacial score (nSPS) is 15.4. The van der Waals surface area contributed by atoms with E-state index in [4.69, 9.17) is 11.6 Å². The summed E-state index contributed by atoms with van der Waals surface area (Å²) in [6, 6.07) is 0. The third-order valence-electron chi connectivity index (χ3n) is 2.91. The van der Waals surface area contributed by atoms with Crippen LogP contribution in [0.4, 0.5) is 0 Å². The highest BCUT2D eigenvalue weighted by atomic mass is 35.5. The van der Waals surface area contributed by atoms with Crippen molar-refractivity contribution in [2.75, 3.05) is 0 Å². The molecule has 0 aromatic carbocycles. The average Bonchev–Trinajstić information content (AvgIpc) is 2.11. The molecule has 0 amide bonds. The van der Waals surface area contributed by atoms with Crippen molar-refractivity contribution in [3.05, 3.63) is 0 Å². The van der Waals surface area contributed by atoms with Crippen LogP contribution in [0, 0.1) is 5.41 Å². The first kappa shape index (κ1) is 13.0. The van der Waals surface area contributed by atoms with Crippen molar-refractivity contribution in [2.24, 2.45) is 5.41 Å². The summed E-state index contributed by atoms with van der Waals surface area (Å²) in [6.45, 7) is 6.64. The Morgan fingerprint density at radius 2 is 1.92 bits per heavy atom. The molecule has 0 aliphatic heterocycles. The zero-order chi connectivity index (χ0) is 10.3. The number of hydrogen-bond acceptors (Lipinski definition) is 1. The van der Waals surface area contributed by atoms with E-state index < -0.39 is 0 Å². The summed E-state index contributed by atoms with van der Waals surface area (Å²) < 4.78 is 0. The zero-order valence-electron chi connectivity index (χ0n) is 9.03. The van der Waals surface area contributed by atoms with Crippen molar-refractivity contribution in [2.45, 2.75) is 59.3 Å². The molecule has 13 heavy (non-hydrogen) atoms. The fourth-order valence-corrected chi connectivity index (χ4v) is 1.58. The first-order valence-electron chi connectivity index (χ1n) is 5.22. The lowest BCUT2D eigenvalue weighted by molar-refractivity contribution is -0.112. The molecule has 0 rings (SSSR count). The van der Waals surface area contributed by atoms with Gasteiger partial charge in [-0.3, -0.25) is 4.79 Å². The molecular weight excluding hydrogens is 184 g/mol. The molecule has 0 radical (unpaired) electrons. The highest BCUT2D eigenvalue weighted by Gasteiger charge is 2.21. The minimum Gasteiger partial charge on any atom is -0.281 e. The molecule has 2 heteroatoms. The van der Waals surface area contributed by atoms with Crippen molar-refractivity contribution in [3.63, 3.8) is 0 Å². The Bertz CT molecular complexity index is 156. The monoisotopic (exact) mass is 204 g/mol. The molecule has 0 spiro atoms. The number of carbonyl (C=O) groups excluding carboxylic acids is 1. The van der Waals surface area contributed by atoms with Crippen LogP contribution in [0.5, 0.6) is 0 Å². The molecule has 78 valence electrons. The predicted molar refractivity (Wildman–Crippen MR) is 58.0 cm³/mol. The minimum absolute atomic E-state index is 0.198. The molecule has 0 aliphatic rings. The SMILES string of the molecule is CCCCC(C)(CC)CCC(=O)Cl. The van der Waals surface area contributed by atoms with Crippen molar-refractivity contribution in [1.82, 2.24) is 0 Å². The summed E-state index contributed by atoms with van der Waals surface area (Å²) in [4.78, 5) is 10.6. The Labute approximate surface area is 86.9 Å². The molecule has 0 fully saturated rings. The lowest BCUT2D eigenvalue weighted by Gasteiger charge is -2.27. The maximum atomic E-state index is 10.6. The Hall–Kier alpha value is -0.0400. The second-order valence-electron chi connectivity index (χ2n) is 4.12. The van der Waals surface area contributed by atoms with Gasteiger partial charge in [-0.15, -0.1) is 0 Å². The van der Waals surface area contributed by atoms with Crippen LogP contribution in [0.2, 0.25) is 0 Å². The van der Waals surface area contributed by atoms with Crippen molar-refractivity contribution in [3.8, 4) is 0 Å². The van der Waals surface area contributed by atoms with Crippen molar-refractivity contribution < 1.29 is 4.79 Å². The van der Waals surface area contributed by atoms with Crippen LogP contribution < -0.4 is 0 Å². The van der Waals surface area contributed by atoms with E-state index in [1.165, 1.54) is 19.3 Å². The smallest absolute Gasteiger partial charge is 0.221 e. The van der Waals surface area contributed by atoms with Crippen LogP contribution in [-0.2, 0) is 4.79 Å². The van der Waals surface area contributed by atoms with Gasteiger partial charge in [0.2, 0.25) is 5.24 Å². The molecule has 0 heterocycles. The molecule has 0 aliphatic carbocycles. The lowest BCUT2D eigenvalue weighted by atomic mass is 9.78. The van der Waals surface area contributed by atoms with E-state index in [-0.39, 0.29) is 5.24 Å². The Kier molecular flexibility index (Phi) is 6.40. The number of hydrogen-bond donors (Lipinski definition) is 0. The third-order valence-corrected chi connectivity index (χ3v) is 3.10. The van der Waals surface area contributed by atoms with Gasteiger partial charge < -0.3 is 0 Å². The highest BCUT2D eigenvalue weighted by molar-refractivity contribution is 6.63. The van der Waals surface area contributed by atoms with E-state index in [1.807, 2.05) is 0 Å². The molecule has 0 bridgehead atoms. The van der Waals surface area contributed by atoms with Crippen LogP contribution in [-0.4, -0.2) is 5.24 Å². The summed E-state index contributed by atoms with van der Waals surface area (Å²) in [5.41, 5.74) is 0.320. The van der Waals surface area contributed by atoms with E-state index >= 15 is 0 Å². The van der Waals surface area contributed by atoms with Gasteiger partial charge in [0.1, 0.15) is 0 Å². The van der Waals surface area contributed by atoms with E-state index in [2.05, 4.69) is 20.8 Å². The van der Waals surface area contributed by atoms with Crippen LogP contribution >= 0.6 is 11.6 Å². The standard InChI is InChI=1S/C11H21ClO/c1-4-6-8-11(3,5-2)9-7-10(12)13/h4-9H2,1-3H3. The molecule has 0 aromatic rings. The summed E-state index contributed by atoms with van der Waals surface area (Å²) in [7, 11) is 0. The second-order valence-corrected chi connectivity index (χ2v) is 4.54. The first-order valence-corrected chi connectivity index (χ1v) is 5.60. The van der Waals surface area contributed by atoms with E-state index in [9.17, 15) is 4.79 Å². The number of halogens is 1. The minimum atomic E-state index is -0.198. The molecule has 0 aromatic heterocycles. The third kappa shape index (κ3) is 6.09. The summed E-state index contributed by atoms with van der Waals surface area (Å²) >= 11 is 5.34. The number of rotatable bonds is 7. The molecule has 0 saturated carbocycles. The predicted octanol–water partition coefficient (Wildman–Crippen LogP) is 4.14. The quantitative estimate of drug-likeness (QED) is 0.570. The van der Waals surface area contributed by atoms with Crippen molar-refractivity contribution >= 4 is 16.8 Å². The van der Waals surface area contributed by atoms with E-state index in [0.29, 0.717) is 11.8 Å². The van der Waals surface area contributed by atoms with Crippen LogP contribution in [0.1, 0.15) is 59.3 Å². The lowest BCUT2D eigenvalue weighted by Crippen LogP contribution is -2.16. The van der Waals surface area contributed by atoms with Gasteiger partial charge in [-0.05, 0) is 29.9 Å².